The molecular formula is C15H20N2. The van der Waals surface area contributed by atoms with Gasteiger partial charge in [-0.25, -0.2) is 0 Å². The molecule has 0 aliphatic heterocycles. The van der Waals surface area contributed by atoms with Crippen molar-refractivity contribution in [2.24, 2.45) is 0 Å². The van der Waals surface area contributed by atoms with Crippen molar-refractivity contribution in [1.29, 1.82) is 0 Å². The van der Waals surface area contributed by atoms with Crippen LogP contribution in [0.1, 0.15) is 25.8 Å². The molecule has 2 heteroatoms. The molecule has 2 rings (SSSR count). The van der Waals surface area contributed by atoms with Gasteiger partial charge in [0.2, 0.25) is 0 Å². The molecule has 0 bridgehead atoms. The lowest BCUT2D eigenvalue weighted by atomic mass is 10.0. The molecule has 2 nitrogen and oxygen atoms in total. The summed E-state index contributed by atoms with van der Waals surface area (Å²) >= 11 is 0. The van der Waals surface area contributed by atoms with Crippen molar-refractivity contribution < 1.29 is 0 Å². The summed E-state index contributed by atoms with van der Waals surface area (Å²) in [6, 6.07) is 9.16. The second-order valence-corrected chi connectivity index (χ2v) is 4.51. The summed E-state index contributed by atoms with van der Waals surface area (Å²) in [5, 5.41) is 6.03. The van der Waals surface area contributed by atoms with Crippen LogP contribution in [0.2, 0.25) is 0 Å². The van der Waals surface area contributed by atoms with E-state index in [2.05, 4.69) is 48.4 Å². The fourth-order valence-electron chi connectivity index (χ4n) is 2.23. The number of nitrogens with one attached hydrogen (secondary N) is 1. The quantitative estimate of drug-likeness (QED) is 0.850. The molecule has 0 fully saturated rings. The second-order valence-electron chi connectivity index (χ2n) is 4.51. The van der Waals surface area contributed by atoms with Gasteiger partial charge in [-0.3, -0.25) is 4.98 Å². The number of aryl methyl sites for hydroxylation is 1. The molecule has 1 atom stereocenters. The highest BCUT2D eigenvalue weighted by Crippen LogP contribution is 2.19. The second kappa shape index (κ2) is 5.78. The number of fused-ring (bicyclic) bond motifs is 1. The highest BCUT2D eigenvalue weighted by molar-refractivity contribution is 5.84. The van der Waals surface area contributed by atoms with Crippen LogP contribution < -0.4 is 5.32 Å². The van der Waals surface area contributed by atoms with Crippen molar-refractivity contribution in [3.63, 3.8) is 0 Å². The minimum Gasteiger partial charge on any atom is -0.315 e. The molecule has 0 spiro atoms. The fraction of sp³-hybridized carbons (Fsp3) is 0.400. The molecule has 0 aliphatic rings. The lowest BCUT2D eigenvalue weighted by Gasteiger charge is -2.13. The summed E-state index contributed by atoms with van der Waals surface area (Å²) in [5.74, 6) is 0. The maximum atomic E-state index is 4.17. The van der Waals surface area contributed by atoms with E-state index in [9.17, 15) is 0 Å². The van der Waals surface area contributed by atoms with Crippen LogP contribution in [0, 0.1) is 0 Å². The molecule has 1 aromatic carbocycles. The Hall–Kier alpha value is -1.41. The number of nitrogens with zero attached hydrogens (tertiary/aromatic N) is 1. The van der Waals surface area contributed by atoms with Gasteiger partial charge in [-0.2, -0.15) is 0 Å². The average Bonchev–Trinajstić information content (AvgIpc) is 2.36. The molecule has 1 N–H and O–H groups in total. The Balaban J connectivity index is 2.13. The Morgan fingerprint density at radius 2 is 2.18 bits per heavy atom. The van der Waals surface area contributed by atoms with Crippen molar-refractivity contribution in [2.75, 3.05) is 6.54 Å². The van der Waals surface area contributed by atoms with E-state index in [4.69, 9.17) is 0 Å². The minimum absolute atomic E-state index is 0.581. The SMILES string of the molecule is CCNC(C)CCc1cccc2cnccc12. The Morgan fingerprint density at radius 3 is 3.00 bits per heavy atom. The van der Waals surface area contributed by atoms with E-state index in [-0.39, 0.29) is 0 Å². The highest BCUT2D eigenvalue weighted by Gasteiger charge is 2.03. The molecule has 90 valence electrons. The van der Waals surface area contributed by atoms with Gasteiger partial charge in [-0.15, -0.1) is 0 Å². The maximum Gasteiger partial charge on any atom is 0.0346 e. The summed E-state index contributed by atoms with van der Waals surface area (Å²) in [6.45, 7) is 5.44. The van der Waals surface area contributed by atoms with E-state index >= 15 is 0 Å². The zero-order valence-electron chi connectivity index (χ0n) is 10.6. The van der Waals surface area contributed by atoms with Crippen LogP contribution in [0.25, 0.3) is 10.8 Å². The van der Waals surface area contributed by atoms with E-state index in [1.165, 1.54) is 22.8 Å². The molecule has 0 radical (unpaired) electrons. The van der Waals surface area contributed by atoms with Gasteiger partial charge in [0.15, 0.2) is 0 Å². The van der Waals surface area contributed by atoms with E-state index in [0.717, 1.165) is 13.0 Å². The summed E-state index contributed by atoms with van der Waals surface area (Å²) in [5.41, 5.74) is 1.43. The zero-order chi connectivity index (χ0) is 12.1. The molecule has 1 aromatic heterocycles. The van der Waals surface area contributed by atoms with Gasteiger partial charge in [0.25, 0.3) is 0 Å². The van der Waals surface area contributed by atoms with Crippen LogP contribution in [-0.2, 0) is 6.42 Å². The van der Waals surface area contributed by atoms with Crippen LogP contribution in [0.5, 0.6) is 0 Å². The van der Waals surface area contributed by atoms with Crippen molar-refractivity contribution in [3.8, 4) is 0 Å². The zero-order valence-corrected chi connectivity index (χ0v) is 10.6. The number of hydrogen-bond acceptors (Lipinski definition) is 2. The Labute approximate surface area is 103 Å². The first-order valence-corrected chi connectivity index (χ1v) is 6.36. The smallest absolute Gasteiger partial charge is 0.0346 e. The first kappa shape index (κ1) is 12.1. The van der Waals surface area contributed by atoms with Crippen LogP contribution in [-0.4, -0.2) is 17.6 Å². The van der Waals surface area contributed by atoms with Crippen LogP contribution in [0.4, 0.5) is 0 Å². The molecule has 1 heterocycles. The van der Waals surface area contributed by atoms with Gasteiger partial charge >= 0.3 is 0 Å². The number of benzene rings is 1. The predicted molar refractivity (Wildman–Crippen MR) is 73.2 cm³/mol. The topological polar surface area (TPSA) is 24.9 Å². The maximum absolute atomic E-state index is 4.17. The molecule has 0 aliphatic carbocycles. The lowest BCUT2D eigenvalue weighted by molar-refractivity contribution is 0.531. The molecule has 1 unspecified atom stereocenters. The summed E-state index contributed by atoms with van der Waals surface area (Å²) < 4.78 is 0. The molecule has 0 amide bonds. The molecule has 17 heavy (non-hydrogen) atoms. The van der Waals surface area contributed by atoms with Gasteiger partial charge in [-0.1, -0.05) is 25.1 Å². The molecule has 0 saturated carbocycles. The lowest BCUT2D eigenvalue weighted by Crippen LogP contribution is -2.25. The summed E-state index contributed by atoms with van der Waals surface area (Å²) in [4.78, 5) is 4.17. The first-order chi connectivity index (χ1) is 8.31. The van der Waals surface area contributed by atoms with Crippen molar-refractivity contribution in [1.82, 2.24) is 10.3 Å². The number of pyridine rings is 1. The standard InChI is InChI=1S/C15H20N2/c1-3-17-12(2)7-8-13-5-4-6-14-11-16-10-9-15(13)14/h4-6,9-12,17H,3,7-8H2,1-2H3. The van der Waals surface area contributed by atoms with E-state index in [1.54, 1.807) is 0 Å². The van der Waals surface area contributed by atoms with Gasteiger partial charge in [-0.05, 0) is 43.3 Å². The third-order valence-electron chi connectivity index (χ3n) is 3.17. The predicted octanol–water partition coefficient (Wildman–Crippen LogP) is 3.17. The Morgan fingerprint density at radius 1 is 1.29 bits per heavy atom. The minimum atomic E-state index is 0.581. The monoisotopic (exact) mass is 228 g/mol. The number of aromatic nitrogens is 1. The highest BCUT2D eigenvalue weighted by atomic mass is 14.9. The normalized spacial score (nSPS) is 12.8. The average molecular weight is 228 g/mol. The van der Waals surface area contributed by atoms with Crippen LogP contribution >= 0.6 is 0 Å². The molecular weight excluding hydrogens is 208 g/mol. The van der Waals surface area contributed by atoms with Gasteiger partial charge in [0.05, 0.1) is 0 Å². The Bertz CT molecular complexity index is 474. The number of hydrogen-bond donors (Lipinski definition) is 1. The van der Waals surface area contributed by atoms with Crippen molar-refractivity contribution in [2.45, 2.75) is 32.7 Å². The third-order valence-corrected chi connectivity index (χ3v) is 3.17. The van der Waals surface area contributed by atoms with E-state index in [0.29, 0.717) is 6.04 Å². The molecule has 2 aromatic rings. The largest absolute Gasteiger partial charge is 0.315 e. The van der Waals surface area contributed by atoms with Crippen LogP contribution in [0.15, 0.2) is 36.7 Å². The van der Waals surface area contributed by atoms with Crippen molar-refractivity contribution >= 4 is 10.8 Å². The number of rotatable bonds is 5. The third kappa shape index (κ3) is 3.04. The van der Waals surface area contributed by atoms with Crippen molar-refractivity contribution in [3.05, 3.63) is 42.2 Å². The van der Waals surface area contributed by atoms with E-state index in [1.807, 2.05) is 12.4 Å². The van der Waals surface area contributed by atoms with Gasteiger partial charge in [0, 0.05) is 23.8 Å². The van der Waals surface area contributed by atoms with Gasteiger partial charge in [0.1, 0.15) is 0 Å². The molecule has 0 saturated heterocycles. The Kier molecular flexibility index (Phi) is 4.10. The summed E-state index contributed by atoms with van der Waals surface area (Å²) in [7, 11) is 0. The first-order valence-electron chi connectivity index (χ1n) is 6.36. The van der Waals surface area contributed by atoms with Gasteiger partial charge < -0.3 is 5.32 Å². The summed E-state index contributed by atoms with van der Waals surface area (Å²) in [6.07, 6.45) is 6.11. The van der Waals surface area contributed by atoms with Crippen LogP contribution in [0.3, 0.4) is 0 Å². The van der Waals surface area contributed by atoms with E-state index < -0.39 is 0 Å². The fourth-order valence-corrected chi connectivity index (χ4v) is 2.23.